The first-order chi connectivity index (χ1) is 11.5. The van der Waals surface area contributed by atoms with Crippen molar-refractivity contribution in [3.05, 3.63) is 57.9 Å². The van der Waals surface area contributed by atoms with Crippen LogP contribution in [0.3, 0.4) is 0 Å². The fraction of sp³-hybridized carbons (Fsp3) is 0.294. The number of H-pyrrole nitrogens is 1. The first-order valence-electron chi connectivity index (χ1n) is 7.73. The molecular formula is C17H18N4O3. The van der Waals surface area contributed by atoms with Gasteiger partial charge in [0.1, 0.15) is 11.5 Å². The van der Waals surface area contributed by atoms with E-state index >= 15 is 0 Å². The Balaban J connectivity index is 1.67. The summed E-state index contributed by atoms with van der Waals surface area (Å²) in [7, 11) is 0. The molecule has 7 nitrogen and oxygen atoms in total. The van der Waals surface area contributed by atoms with Crippen LogP contribution in [-0.2, 0) is 17.8 Å². The van der Waals surface area contributed by atoms with E-state index in [-0.39, 0.29) is 30.3 Å². The van der Waals surface area contributed by atoms with Crippen LogP contribution in [0.4, 0.5) is 0 Å². The second kappa shape index (κ2) is 6.66. The second-order valence-corrected chi connectivity index (χ2v) is 5.86. The lowest BCUT2D eigenvalue weighted by molar-refractivity contribution is -0.120. The number of carbonyl (C=O) groups excluding carboxylic acids is 1. The van der Waals surface area contributed by atoms with Gasteiger partial charge in [0.15, 0.2) is 5.58 Å². The summed E-state index contributed by atoms with van der Waals surface area (Å²) in [6.45, 7) is 4.07. The molecule has 0 aliphatic rings. The van der Waals surface area contributed by atoms with Crippen LogP contribution < -0.4 is 10.9 Å². The average Bonchev–Trinajstić information content (AvgIpc) is 2.96. The van der Waals surface area contributed by atoms with Crippen LogP contribution in [0.25, 0.3) is 11.0 Å². The highest BCUT2D eigenvalue weighted by molar-refractivity contribution is 5.86. The number of fused-ring (bicyclic) bond motifs is 1. The molecule has 0 bridgehead atoms. The number of carbonyl (C=O) groups is 1. The average molecular weight is 326 g/mol. The van der Waals surface area contributed by atoms with Crippen LogP contribution in [0.5, 0.6) is 0 Å². The summed E-state index contributed by atoms with van der Waals surface area (Å²) in [5, 5.41) is 7.52. The van der Waals surface area contributed by atoms with Gasteiger partial charge in [-0.05, 0) is 12.1 Å². The molecule has 124 valence electrons. The van der Waals surface area contributed by atoms with E-state index in [9.17, 15) is 9.59 Å². The minimum absolute atomic E-state index is 0.106. The van der Waals surface area contributed by atoms with E-state index in [1.54, 1.807) is 6.07 Å². The van der Waals surface area contributed by atoms with Crippen molar-refractivity contribution in [2.45, 2.75) is 32.7 Å². The maximum absolute atomic E-state index is 12.1. The number of benzene rings is 1. The molecule has 0 aliphatic carbocycles. The maximum Gasteiger partial charge on any atom is 0.251 e. The molecule has 7 heteroatoms. The Kier molecular flexibility index (Phi) is 4.41. The Morgan fingerprint density at radius 3 is 2.92 bits per heavy atom. The molecule has 0 spiro atoms. The largest absolute Gasteiger partial charge is 0.356 e. The van der Waals surface area contributed by atoms with Crippen LogP contribution in [0.2, 0.25) is 0 Å². The molecule has 24 heavy (non-hydrogen) atoms. The molecule has 0 radical (unpaired) electrons. The monoisotopic (exact) mass is 326 g/mol. The zero-order chi connectivity index (χ0) is 17.1. The lowest BCUT2D eigenvalue weighted by Crippen LogP contribution is -2.26. The smallest absolute Gasteiger partial charge is 0.251 e. The Hall–Kier alpha value is -2.96. The third-order valence-electron chi connectivity index (χ3n) is 3.61. The van der Waals surface area contributed by atoms with Gasteiger partial charge in [0, 0.05) is 17.4 Å². The number of nitrogens with one attached hydrogen (secondary N) is 2. The number of nitrogens with zero attached hydrogens (tertiary/aromatic N) is 2. The summed E-state index contributed by atoms with van der Waals surface area (Å²) in [6.07, 6.45) is 0.108. The quantitative estimate of drug-likeness (QED) is 0.745. The van der Waals surface area contributed by atoms with Gasteiger partial charge in [0.05, 0.1) is 18.7 Å². The minimum atomic E-state index is -0.222. The molecule has 3 aromatic rings. The van der Waals surface area contributed by atoms with Gasteiger partial charge in [-0.2, -0.15) is 0 Å². The second-order valence-electron chi connectivity index (χ2n) is 5.86. The van der Waals surface area contributed by atoms with Gasteiger partial charge in [-0.3, -0.25) is 9.59 Å². The lowest BCUT2D eigenvalue weighted by atomic mass is 10.1. The Morgan fingerprint density at radius 1 is 1.33 bits per heavy atom. The summed E-state index contributed by atoms with van der Waals surface area (Å²) in [5.74, 6) is 0.506. The highest BCUT2D eigenvalue weighted by Gasteiger charge is 2.12. The number of hydrogen-bond acceptors (Lipinski definition) is 5. The van der Waals surface area contributed by atoms with Crippen molar-refractivity contribution < 1.29 is 9.32 Å². The van der Waals surface area contributed by atoms with E-state index in [0.29, 0.717) is 22.8 Å². The van der Waals surface area contributed by atoms with Gasteiger partial charge in [-0.25, -0.2) is 4.98 Å². The standard InChI is InChI=1S/C17H18N4O3/c1-10(2)17-19-11(7-16(23)20-17)9-18-15(22)8-13-12-5-3-4-6-14(12)24-21-13/h3-7,10H,8-9H2,1-2H3,(H,18,22)(H,19,20,23). The van der Waals surface area contributed by atoms with E-state index in [1.807, 2.05) is 32.0 Å². The molecule has 3 rings (SSSR count). The topological polar surface area (TPSA) is 101 Å². The van der Waals surface area contributed by atoms with Crippen molar-refractivity contribution in [2.75, 3.05) is 0 Å². The van der Waals surface area contributed by atoms with Crippen molar-refractivity contribution in [1.82, 2.24) is 20.4 Å². The van der Waals surface area contributed by atoms with Crippen LogP contribution in [0, 0.1) is 0 Å². The van der Waals surface area contributed by atoms with E-state index in [2.05, 4.69) is 20.4 Å². The fourth-order valence-corrected chi connectivity index (χ4v) is 2.36. The van der Waals surface area contributed by atoms with E-state index < -0.39 is 0 Å². The van der Waals surface area contributed by atoms with Crippen molar-refractivity contribution in [2.24, 2.45) is 0 Å². The van der Waals surface area contributed by atoms with Crippen LogP contribution >= 0.6 is 0 Å². The molecule has 2 N–H and O–H groups in total. The first kappa shape index (κ1) is 15.9. The molecule has 0 aliphatic heterocycles. The number of amides is 1. The molecule has 0 saturated heterocycles. The van der Waals surface area contributed by atoms with Gasteiger partial charge in [-0.15, -0.1) is 0 Å². The number of para-hydroxylation sites is 1. The first-order valence-corrected chi connectivity index (χ1v) is 7.73. The fourth-order valence-electron chi connectivity index (χ4n) is 2.36. The van der Waals surface area contributed by atoms with Crippen molar-refractivity contribution in [3.63, 3.8) is 0 Å². The van der Waals surface area contributed by atoms with Gasteiger partial charge < -0.3 is 14.8 Å². The molecule has 0 fully saturated rings. The Morgan fingerprint density at radius 2 is 2.12 bits per heavy atom. The predicted octanol–water partition coefficient (Wildman–Crippen LogP) is 1.89. The summed E-state index contributed by atoms with van der Waals surface area (Å²) >= 11 is 0. The van der Waals surface area contributed by atoms with Crippen molar-refractivity contribution in [3.8, 4) is 0 Å². The summed E-state index contributed by atoms with van der Waals surface area (Å²) in [4.78, 5) is 30.8. The maximum atomic E-state index is 12.1. The predicted molar refractivity (Wildman–Crippen MR) is 88.5 cm³/mol. The normalized spacial score (nSPS) is 11.1. The molecule has 0 saturated carbocycles. The van der Waals surface area contributed by atoms with Crippen LogP contribution in [0.15, 0.2) is 39.6 Å². The van der Waals surface area contributed by atoms with E-state index in [4.69, 9.17) is 4.52 Å². The molecular weight excluding hydrogens is 308 g/mol. The van der Waals surface area contributed by atoms with E-state index in [0.717, 1.165) is 5.39 Å². The molecule has 1 amide bonds. The Labute approximate surface area is 138 Å². The highest BCUT2D eigenvalue weighted by atomic mass is 16.5. The summed E-state index contributed by atoms with van der Waals surface area (Å²) < 4.78 is 5.18. The van der Waals surface area contributed by atoms with Gasteiger partial charge in [0.2, 0.25) is 5.91 Å². The number of hydrogen-bond donors (Lipinski definition) is 2. The summed E-state index contributed by atoms with van der Waals surface area (Å²) in [6, 6.07) is 8.77. The zero-order valence-corrected chi connectivity index (χ0v) is 13.5. The third-order valence-corrected chi connectivity index (χ3v) is 3.61. The van der Waals surface area contributed by atoms with Gasteiger partial charge in [-0.1, -0.05) is 31.1 Å². The van der Waals surface area contributed by atoms with Gasteiger partial charge >= 0.3 is 0 Å². The third kappa shape index (κ3) is 3.51. The Bertz CT molecular complexity index is 927. The van der Waals surface area contributed by atoms with Crippen molar-refractivity contribution >= 4 is 16.9 Å². The minimum Gasteiger partial charge on any atom is -0.356 e. The van der Waals surface area contributed by atoms with Crippen LogP contribution in [-0.4, -0.2) is 21.0 Å². The van der Waals surface area contributed by atoms with Crippen molar-refractivity contribution in [1.29, 1.82) is 0 Å². The number of aromatic nitrogens is 3. The lowest BCUT2D eigenvalue weighted by Gasteiger charge is -2.07. The SMILES string of the molecule is CC(C)c1nc(CNC(=O)Cc2noc3ccccc23)cc(=O)[nH]1. The van der Waals surface area contributed by atoms with Crippen LogP contribution in [0.1, 0.15) is 37.0 Å². The highest BCUT2D eigenvalue weighted by Crippen LogP contribution is 2.18. The molecule has 2 aromatic heterocycles. The molecule has 2 heterocycles. The number of aromatic amines is 1. The number of rotatable bonds is 5. The van der Waals surface area contributed by atoms with E-state index in [1.165, 1.54) is 6.07 Å². The zero-order valence-electron chi connectivity index (χ0n) is 13.5. The molecule has 0 atom stereocenters. The van der Waals surface area contributed by atoms with Gasteiger partial charge in [0.25, 0.3) is 5.56 Å². The molecule has 0 unspecified atom stereocenters. The summed E-state index contributed by atoms with van der Waals surface area (Å²) in [5.41, 5.74) is 1.55. The molecule has 1 aromatic carbocycles.